The van der Waals surface area contributed by atoms with Crippen LogP contribution in [0.25, 0.3) is 0 Å². The van der Waals surface area contributed by atoms with Crippen molar-refractivity contribution < 1.29 is 9.59 Å². The first kappa shape index (κ1) is 24.5. The molecule has 0 radical (unpaired) electrons. The average Bonchev–Trinajstić information content (AvgIpc) is 3.32. The summed E-state index contributed by atoms with van der Waals surface area (Å²) in [5, 5.41) is 5.22. The zero-order chi connectivity index (χ0) is 23.1. The summed E-state index contributed by atoms with van der Waals surface area (Å²) in [6, 6.07) is 11.4. The van der Waals surface area contributed by atoms with Crippen LogP contribution >= 0.6 is 11.3 Å². The molecular weight excluding hydrogens is 418 g/mol. The third-order valence-corrected chi connectivity index (χ3v) is 7.06. The lowest BCUT2D eigenvalue weighted by Crippen LogP contribution is -2.49. The van der Waals surface area contributed by atoms with Gasteiger partial charge in [-0.2, -0.15) is 0 Å². The van der Waals surface area contributed by atoms with Gasteiger partial charge in [-0.25, -0.2) is 0 Å². The summed E-state index contributed by atoms with van der Waals surface area (Å²) in [5.41, 5.74) is 1.49. The molecule has 2 amide bonds. The van der Waals surface area contributed by atoms with Crippen molar-refractivity contribution >= 4 is 23.2 Å². The highest BCUT2D eigenvalue weighted by Crippen LogP contribution is 2.44. The minimum Gasteiger partial charge on any atom is -0.354 e. The number of carbonyl (C=O) groups excluding carboxylic acids is 2. The molecule has 2 atom stereocenters. The van der Waals surface area contributed by atoms with Gasteiger partial charge in [-0.05, 0) is 48.5 Å². The van der Waals surface area contributed by atoms with E-state index in [1.54, 1.807) is 11.3 Å². The third-order valence-electron chi connectivity index (χ3n) is 6.12. The van der Waals surface area contributed by atoms with Crippen molar-refractivity contribution in [2.24, 2.45) is 5.92 Å². The zero-order valence-corrected chi connectivity index (χ0v) is 20.7. The Labute approximate surface area is 196 Å². The van der Waals surface area contributed by atoms with Gasteiger partial charge in [0.05, 0.1) is 12.0 Å². The van der Waals surface area contributed by atoms with Gasteiger partial charge >= 0.3 is 0 Å². The highest BCUT2D eigenvalue weighted by molar-refractivity contribution is 7.10. The van der Waals surface area contributed by atoms with Gasteiger partial charge in [0.15, 0.2) is 0 Å². The number of unbranched alkanes of at least 4 members (excludes halogenated alkanes) is 1. The number of nitrogens with one attached hydrogen (secondary N) is 1. The van der Waals surface area contributed by atoms with E-state index in [2.05, 4.69) is 37.9 Å². The lowest BCUT2D eigenvalue weighted by atomic mass is 9.81. The smallest absolute Gasteiger partial charge is 0.254 e. The Bertz CT molecular complexity index is 881. The van der Waals surface area contributed by atoms with E-state index in [9.17, 15) is 9.59 Å². The molecule has 2 aromatic rings. The SMILES string of the molecule is CCCCN(CC)CCNC(=O)[C@@H]1c2ccccc2C(=O)N(CC(C)C)[C@H]1c1cccs1. The number of thiophene rings is 1. The van der Waals surface area contributed by atoms with E-state index in [4.69, 9.17) is 0 Å². The monoisotopic (exact) mass is 455 g/mol. The highest BCUT2D eigenvalue weighted by Gasteiger charge is 2.44. The minimum absolute atomic E-state index is 0.00338. The number of hydrogen-bond donors (Lipinski definition) is 1. The van der Waals surface area contributed by atoms with Crippen molar-refractivity contribution in [3.63, 3.8) is 0 Å². The van der Waals surface area contributed by atoms with Gasteiger partial charge in [0.2, 0.25) is 5.91 Å². The average molecular weight is 456 g/mol. The van der Waals surface area contributed by atoms with Crippen LogP contribution in [-0.2, 0) is 4.79 Å². The molecule has 1 N–H and O–H groups in total. The highest BCUT2D eigenvalue weighted by atomic mass is 32.1. The fourth-order valence-electron chi connectivity index (χ4n) is 4.50. The van der Waals surface area contributed by atoms with Crippen LogP contribution in [0.15, 0.2) is 41.8 Å². The number of amides is 2. The zero-order valence-electron chi connectivity index (χ0n) is 19.8. The maximum Gasteiger partial charge on any atom is 0.254 e. The van der Waals surface area contributed by atoms with Crippen LogP contribution in [0.3, 0.4) is 0 Å². The molecule has 174 valence electrons. The predicted molar refractivity (Wildman–Crippen MR) is 132 cm³/mol. The van der Waals surface area contributed by atoms with E-state index in [0.717, 1.165) is 30.1 Å². The summed E-state index contributed by atoms with van der Waals surface area (Å²) in [6.07, 6.45) is 2.34. The molecule has 1 aromatic carbocycles. The first-order valence-electron chi connectivity index (χ1n) is 11.9. The van der Waals surface area contributed by atoms with Crippen LogP contribution in [0.4, 0.5) is 0 Å². The second-order valence-electron chi connectivity index (χ2n) is 8.96. The third kappa shape index (κ3) is 5.59. The second kappa shape index (κ2) is 11.6. The van der Waals surface area contributed by atoms with Crippen LogP contribution in [0.1, 0.15) is 73.3 Å². The largest absolute Gasteiger partial charge is 0.354 e. The summed E-state index contributed by atoms with van der Waals surface area (Å²) >= 11 is 1.62. The van der Waals surface area contributed by atoms with E-state index in [0.29, 0.717) is 24.6 Å². The molecule has 2 heterocycles. The Kier molecular flexibility index (Phi) is 8.88. The summed E-state index contributed by atoms with van der Waals surface area (Å²) in [4.78, 5) is 32.4. The van der Waals surface area contributed by atoms with Crippen LogP contribution in [0, 0.1) is 5.92 Å². The molecule has 0 unspecified atom stereocenters. The lowest BCUT2D eigenvalue weighted by molar-refractivity contribution is -0.124. The summed E-state index contributed by atoms with van der Waals surface area (Å²) in [5.74, 6) is -0.0730. The molecule has 1 aromatic heterocycles. The Morgan fingerprint density at radius 2 is 1.94 bits per heavy atom. The van der Waals surface area contributed by atoms with Gasteiger partial charge in [-0.3, -0.25) is 9.59 Å². The van der Waals surface area contributed by atoms with Crippen LogP contribution in [0.2, 0.25) is 0 Å². The molecule has 0 saturated heterocycles. The van der Waals surface area contributed by atoms with Crippen molar-refractivity contribution in [3.8, 4) is 0 Å². The minimum atomic E-state index is -0.410. The van der Waals surface area contributed by atoms with Gasteiger partial charge in [-0.15, -0.1) is 11.3 Å². The molecule has 32 heavy (non-hydrogen) atoms. The summed E-state index contributed by atoms with van der Waals surface area (Å²) in [6.45, 7) is 12.7. The Balaban J connectivity index is 1.88. The number of nitrogens with zero attached hydrogens (tertiary/aromatic N) is 2. The van der Waals surface area contributed by atoms with E-state index in [1.165, 1.54) is 12.8 Å². The Hall–Kier alpha value is -2.18. The Morgan fingerprint density at radius 1 is 1.16 bits per heavy atom. The molecule has 5 nitrogen and oxygen atoms in total. The van der Waals surface area contributed by atoms with E-state index in [1.807, 2.05) is 46.7 Å². The molecule has 0 bridgehead atoms. The normalized spacial score (nSPS) is 18.3. The molecular formula is C26H37N3O2S. The van der Waals surface area contributed by atoms with Gasteiger partial charge in [-0.1, -0.05) is 58.4 Å². The maximum absolute atomic E-state index is 13.6. The summed E-state index contributed by atoms with van der Waals surface area (Å²) < 4.78 is 0. The second-order valence-corrected chi connectivity index (χ2v) is 9.93. The number of benzene rings is 1. The van der Waals surface area contributed by atoms with Crippen molar-refractivity contribution in [1.29, 1.82) is 0 Å². The standard InChI is InChI=1S/C26H37N3O2S/c1-5-7-15-28(6-2)16-14-27-25(30)23-20-11-8-9-12-21(20)26(31)29(18-19(3)4)24(23)22-13-10-17-32-22/h8-13,17,19,23-24H,5-7,14-16,18H2,1-4H3,(H,27,30)/t23-,24+/m1/s1. The number of likely N-dealkylation sites (N-methyl/N-ethyl adjacent to an activating group) is 1. The number of rotatable bonds is 11. The van der Waals surface area contributed by atoms with E-state index >= 15 is 0 Å². The fourth-order valence-corrected chi connectivity index (χ4v) is 5.38. The van der Waals surface area contributed by atoms with E-state index < -0.39 is 5.92 Å². The quantitative estimate of drug-likeness (QED) is 0.523. The van der Waals surface area contributed by atoms with Gasteiger partial charge in [0.1, 0.15) is 0 Å². The number of carbonyl (C=O) groups is 2. The van der Waals surface area contributed by atoms with Crippen molar-refractivity contribution in [1.82, 2.24) is 15.1 Å². The van der Waals surface area contributed by atoms with Gasteiger partial charge in [0.25, 0.3) is 5.91 Å². The van der Waals surface area contributed by atoms with Crippen LogP contribution in [0.5, 0.6) is 0 Å². The number of fused-ring (bicyclic) bond motifs is 1. The lowest BCUT2D eigenvalue weighted by Gasteiger charge is -2.42. The molecule has 0 fully saturated rings. The van der Waals surface area contributed by atoms with Gasteiger partial charge < -0.3 is 15.1 Å². The van der Waals surface area contributed by atoms with Gasteiger partial charge in [0, 0.05) is 30.1 Å². The van der Waals surface area contributed by atoms with Crippen LogP contribution in [-0.4, -0.2) is 54.3 Å². The molecule has 0 saturated carbocycles. The maximum atomic E-state index is 13.6. The van der Waals surface area contributed by atoms with E-state index in [-0.39, 0.29) is 17.9 Å². The predicted octanol–water partition coefficient (Wildman–Crippen LogP) is 4.92. The fraction of sp³-hybridized carbons (Fsp3) is 0.538. The van der Waals surface area contributed by atoms with Crippen molar-refractivity contribution in [2.45, 2.75) is 52.5 Å². The first-order valence-corrected chi connectivity index (χ1v) is 12.8. The molecule has 1 aliphatic rings. The molecule has 3 rings (SSSR count). The first-order chi connectivity index (χ1) is 15.5. The molecule has 6 heteroatoms. The molecule has 0 aliphatic carbocycles. The molecule has 0 spiro atoms. The number of hydrogen-bond acceptors (Lipinski definition) is 4. The Morgan fingerprint density at radius 3 is 2.59 bits per heavy atom. The van der Waals surface area contributed by atoms with Crippen molar-refractivity contribution in [2.75, 3.05) is 32.7 Å². The van der Waals surface area contributed by atoms with Crippen LogP contribution < -0.4 is 5.32 Å². The van der Waals surface area contributed by atoms with Crippen molar-refractivity contribution in [3.05, 3.63) is 57.8 Å². The summed E-state index contributed by atoms with van der Waals surface area (Å²) in [7, 11) is 0. The topological polar surface area (TPSA) is 52.7 Å². The molecule has 1 aliphatic heterocycles.